The van der Waals surface area contributed by atoms with E-state index >= 15 is 0 Å². The van der Waals surface area contributed by atoms with Crippen LogP contribution in [0.3, 0.4) is 0 Å². The molecule has 0 aliphatic rings. The van der Waals surface area contributed by atoms with E-state index in [1.807, 2.05) is 49.4 Å². The second-order valence-corrected chi connectivity index (χ2v) is 5.40. The van der Waals surface area contributed by atoms with E-state index in [2.05, 4.69) is 0 Å². The lowest BCUT2D eigenvalue weighted by atomic mass is 10.2. The molecule has 0 atom stereocenters. The molecular formula is C21H18O4. The van der Waals surface area contributed by atoms with Crippen LogP contribution in [0.25, 0.3) is 0 Å². The van der Waals surface area contributed by atoms with Crippen LogP contribution in [0.1, 0.15) is 15.9 Å². The molecule has 3 aromatic carbocycles. The van der Waals surface area contributed by atoms with Crippen molar-refractivity contribution in [3.63, 3.8) is 0 Å². The molecule has 0 N–H and O–H groups in total. The molecule has 0 saturated carbocycles. The number of para-hydroxylation sites is 2. The van der Waals surface area contributed by atoms with Gasteiger partial charge in [0, 0.05) is 0 Å². The minimum Gasteiger partial charge on any atom is -0.457 e. The van der Waals surface area contributed by atoms with E-state index in [1.165, 1.54) is 0 Å². The molecule has 0 unspecified atom stereocenters. The van der Waals surface area contributed by atoms with Crippen LogP contribution in [0.4, 0.5) is 0 Å². The Labute approximate surface area is 146 Å². The molecular weight excluding hydrogens is 316 g/mol. The number of ether oxygens (including phenoxy) is 3. The first kappa shape index (κ1) is 16.6. The van der Waals surface area contributed by atoms with Gasteiger partial charge in [-0.15, -0.1) is 0 Å². The van der Waals surface area contributed by atoms with Gasteiger partial charge in [-0.05, 0) is 48.9 Å². The Balaban J connectivity index is 1.59. The van der Waals surface area contributed by atoms with E-state index in [0.717, 1.165) is 11.3 Å². The third-order valence-electron chi connectivity index (χ3n) is 3.56. The Bertz CT molecular complexity index is 843. The Morgan fingerprint density at radius 2 is 1.52 bits per heavy atom. The molecule has 0 bridgehead atoms. The Morgan fingerprint density at radius 1 is 0.800 bits per heavy atom. The molecule has 0 aliphatic carbocycles. The quantitative estimate of drug-likeness (QED) is 0.374. The van der Waals surface area contributed by atoms with E-state index in [9.17, 15) is 4.79 Å². The van der Waals surface area contributed by atoms with E-state index < -0.39 is 5.97 Å². The maximum atomic E-state index is 12.2. The van der Waals surface area contributed by atoms with Gasteiger partial charge in [0.25, 0.3) is 0 Å². The lowest BCUT2D eigenvalue weighted by molar-refractivity contribution is 0.0732. The van der Waals surface area contributed by atoms with Crippen molar-refractivity contribution in [1.82, 2.24) is 0 Å². The highest BCUT2D eigenvalue weighted by atomic mass is 16.7. The van der Waals surface area contributed by atoms with Crippen LogP contribution in [-0.4, -0.2) is 12.8 Å². The SMILES string of the molecule is Cc1ccccc1OCOc1cccc(C(=O)Oc2ccccc2)c1. The van der Waals surface area contributed by atoms with Gasteiger partial charge in [-0.2, -0.15) is 0 Å². The van der Waals surface area contributed by atoms with Crippen molar-refractivity contribution in [3.8, 4) is 17.2 Å². The number of carbonyl (C=O) groups is 1. The van der Waals surface area contributed by atoms with Gasteiger partial charge in [0.05, 0.1) is 5.56 Å². The second-order valence-electron chi connectivity index (χ2n) is 5.40. The number of hydrogen-bond donors (Lipinski definition) is 0. The molecule has 4 heteroatoms. The fourth-order valence-corrected chi connectivity index (χ4v) is 2.25. The van der Waals surface area contributed by atoms with Crippen molar-refractivity contribution >= 4 is 5.97 Å². The number of esters is 1. The van der Waals surface area contributed by atoms with E-state index in [4.69, 9.17) is 14.2 Å². The van der Waals surface area contributed by atoms with Gasteiger partial charge in [0.1, 0.15) is 17.2 Å². The fourth-order valence-electron chi connectivity index (χ4n) is 2.25. The minimum atomic E-state index is -0.434. The predicted molar refractivity (Wildman–Crippen MR) is 95.1 cm³/mol. The number of rotatable bonds is 6. The molecule has 3 rings (SSSR count). The van der Waals surface area contributed by atoms with Crippen LogP contribution in [0.15, 0.2) is 78.9 Å². The van der Waals surface area contributed by atoms with Gasteiger partial charge in [-0.3, -0.25) is 0 Å². The topological polar surface area (TPSA) is 44.8 Å². The lowest BCUT2D eigenvalue weighted by Crippen LogP contribution is -2.10. The van der Waals surface area contributed by atoms with E-state index in [0.29, 0.717) is 17.1 Å². The summed E-state index contributed by atoms with van der Waals surface area (Å²) in [4.78, 5) is 12.2. The maximum absolute atomic E-state index is 12.2. The average molecular weight is 334 g/mol. The van der Waals surface area contributed by atoms with Crippen molar-refractivity contribution in [2.45, 2.75) is 6.92 Å². The molecule has 4 nitrogen and oxygen atoms in total. The van der Waals surface area contributed by atoms with Crippen molar-refractivity contribution < 1.29 is 19.0 Å². The zero-order valence-corrected chi connectivity index (χ0v) is 13.8. The molecule has 0 amide bonds. The van der Waals surface area contributed by atoms with Gasteiger partial charge in [-0.25, -0.2) is 4.79 Å². The summed E-state index contributed by atoms with van der Waals surface area (Å²) in [5, 5.41) is 0. The summed E-state index contributed by atoms with van der Waals surface area (Å²) >= 11 is 0. The molecule has 0 spiro atoms. The molecule has 0 fully saturated rings. The van der Waals surface area contributed by atoms with Crippen LogP contribution < -0.4 is 14.2 Å². The molecule has 0 saturated heterocycles. The lowest BCUT2D eigenvalue weighted by Gasteiger charge is -2.11. The highest BCUT2D eigenvalue weighted by molar-refractivity contribution is 5.91. The van der Waals surface area contributed by atoms with Crippen molar-refractivity contribution in [2.24, 2.45) is 0 Å². The first-order chi connectivity index (χ1) is 12.2. The summed E-state index contributed by atoms with van der Waals surface area (Å²) in [7, 11) is 0. The summed E-state index contributed by atoms with van der Waals surface area (Å²) in [5.41, 5.74) is 1.45. The first-order valence-corrected chi connectivity index (χ1v) is 7.91. The van der Waals surface area contributed by atoms with Gasteiger partial charge in [-0.1, -0.05) is 42.5 Å². The van der Waals surface area contributed by atoms with Crippen LogP contribution in [-0.2, 0) is 0 Å². The predicted octanol–water partition coefficient (Wildman–Crippen LogP) is 4.63. The largest absolute Gasteiger partial charge is 0.457 e. The minimum absolute atomic E-state index is 0.0576. The Kier molecular flexibility index (Phi) is 5.32. The molecule has 0 aliphatic heterocycles. The smallest absolute Gasteiger partial charge is 0.343 e. The summed E-state index contributed by atoms with van der Waals surface area (Å²) < 4.78 is 16.5. The number of benzene rings is 3. The van der Waals surface area contributed by atoms with Gasteiger partial charge in [0.15, 0.2) is 0 Å². The van der Waals surface area contributed by atoms with E-state index in [-0.39, 0.29) is 6.79 Å². The van der Waals surface area contributed by atoms with Crippen LogP contribution >= 0.6 is 0 Å². The maximum Gasteiger partial charge on any atom is 0.343 e. The van der Waals surface area contributed by atoms with Gasteiger partial charge < -0.3 is 14.2 Å². The fraction of sp³-hybridized carbons (Fsp3) is 0.0952. The summed E-state index contributed by atoms with van der Waals surface area (Å²) in [6.07, 6.45) is 0. The summed E-state index contributed by atoms with van der Waals surface area (Å²) in [6, 6.07) is 23.5. The van der Waals surface area contributed by atoms with Crippen LogP contribution in [0.5, 0.6) is 17.2 Å². The molecule has 0 aromatic heterocycles. The Morgan fingerprint density at radius 3 is 2.32 bits per heavy atom. The molecule has 126 valence electrons. The molecule has 25 heavy (non-hydrogen) atoms. The second kappa shape index (κ2) is 8.02. The van der Waals surface area contributed by atoms with Gasteiger partial charge >= 0.3 is 5.97 Å². The number of carbonyl (C=O) groups excluding carboxylic acids is 1. The zero-order valence-electron chi connectivity index (χ0n) is 13.8. The molecule has 0 heterocycles. The molecule has 0 radical (unpaired) electrons. The van der Waals surface area contributed by atoms with Crippen LogP contribution in [0, 0.1) is 6.92 Å². The highest BCUT2D eigenvalue weighted by Crippen LogP contribution is 2.19. The van der Waals surface area contributed by atoms with Crippen molar-refractivity contribution in [1.29, 1.82) is 0 Å². The van der Waals surface area contributed by atoms with Crippen LogP contribution in [0.2, 0.25) is 0 Å². The Hall–Kier alpha value is -3.27. The standard InChI is InChI=1S/C21H18O4/c1-16-8-5-6-13-20(16)24-15-23-19-12-7-9-17(14-19)21(22)25-18-10-3-2-4-11-18/h2-14H,15H2,1H3. The monoisotopic (exact) mass is 334 g/mol. The van der Waals surface area contributed by atoms with Crippen molar-refractivity contribution in [2.75, 3.05) is 6.79 Å². The first-order valence-electron chi connectivity index (χ1n) is 7.91. The van der Waals surface area contributed by atoms with Gasteiger partial charge in [0.2, 0.25) is 6.79 Å². The average Bonchev–Trinajstić information content (AvgIpc) is 2.64. The summed E-state index contributed by atoms with van der Waals surface area (Å²) in [6.45, 7) is 2.03. The number of aryl methyl sites for hydroxylation is 1. The highest BCUT2D eigenvalue weighted by Gasteiger charge is 2.09. The third kappa shape index (κ3) is 4.61. The number of hydrogen-bond acceptors (Lipinski definition) is 4. The normalized spacial score (nSPS) is 10.1. The molecule has 3 aromatic rings. The van der Waals surface area contributed by atoms with Crippen molar-refractivity contribution in [3.05, 3.63) is 90.0 Å². The zero-order chi connectivity index (χ0) is 17.5. The third-order valence-corrected chi connectivity index (χ3v) is 3.56. The summed E-state index contributed by atoms with van der Waals surface area (Å²) in [5.74, 6) is 1.37. The van der Waals surface area contributed by atoms with E-state index in [1.54, 1.807) is 36.4 Å².